The minimum absolute atomic E-state index is 0.0678. The Labute approximate surface area is 138 Å². The summed E-state index contributed by atoms with van der Waals surface area (Å²) in [6.07, 6.45) is -1.40. The van der Waals surface area contributed by atoms with Gasteiger partial charge in [-0.25, -0.2) is 12.8 Å². The minimum Gasteiger partial charge on any atom is -0.358 e. The van der Waals surface area contributed by atoms with E-state index in [2.05, 4.69) is 4.98 Å². The van der Waals surface area contributed by atoms with Crippen molar-refractivity contribution in [3.05, 3.63) is 64.8 Å². The molecule has 0 saturated carbocycles. The van der Waals surface area contributed by atoms with Crippen LogP contribution >= 0.6 is 11.6 Å². The highest BCUT2D eigenvalue weighted by Crippen LogP contribution is 2.45. The lowest BCUT2D eigenvalue weighted by molar-refractivity contribution is 0.335. The quantitative estimate of drug-likeness (QED) is 0.752. The molecule has 1 heterocycles. The normalized spacial score (nSPS) is 20.8. The molecule has 1 aliphatic carbocycles. The Bertz CT molecular complexity index is 998. The molecular weight excluding hydrogens is 337 g/mol. The summed E-state index contributed by atoms with van der Waals surface area (Å²) < 4.78 is 40.5. The van der Waals surface area contributed by atoms with Crippen molar-refractivity contribution in [3.63, 3.8) is 0 Å². The Morgan fingerprint density at radius 2 is 1.87 bits per heavy atom. The summed E-state index contributed by atoms with van der Waals surface area (Å²) in [6.45, 7) is 0. The number of nitrogens with one attached hydrogen (secondary N) is 1. The van der Waals surface area contributed by atoms with Crippen molar-refractivity contribution in [1.82, 2.24) is 4.98 Å². The molecule has 3 aromatic rings. The number of hydrogen-bond donors (Lipinski definition) is 1. The largest absolute Gasteiger partial charge is 0.358 e. The second-order valence-corrected chi connectivity index (χ2v) is 8.21. The Morgan fingerprint density at radius 1 is 1.13 bits per heavy atom. The Morgan fingerprint density at radius 3 is 2.61 bits per heavy atom. The van der Waals surface area contributed by atoms with E-state index in [9.17, 15) is 12.8 Å². The van der Waals surface area contributed by atoms with E-state index in [1.165, 1.54) is 12.1 Å². The highest BCUT2D eigenvalue weighted by molar-refractivity contribution is 7.91. The highest BCUT2D eigenvalue weighted by Gasteiger charge is 2.44. The maximum absolute atomic E-state index is 14.6. The molecular formula is C17H13ClFNO2S. The van der Waals surface area contributed by atoms with E-state index in [1.54, 1.807) is 36.4 Å². The van der Waals surface area contributed by atoms with Gasteiger partial charge in [0, 0.05) is 33.6 Å². The van der Waals surface area contributed by atoms with E-state index >= 15 is 0 Å². The second kappa shape index (κ2) is 5.08. The van der Waals surface area contributed by atoms with Crippen LogP contribution in [0.25, 0.3) is 10.9 Å². The smallest absolute Gasteiger partial charge is 0.188 e. The van der Waals surface area contributed by atoms with Crippen LogP contribution in [-0.4, -0.2) is 19.6 Å². The lowest BCUT2D eigenvalue weighted by Gasteiger charge is -2.16. The van der Waals surface area contributed by atoms with Gasteiger partial charge in [0.1, 0.15) is 11.4 Å². The van der Waals surface area contributed by atoms with E-state index in [0.29, 0.717) is 21.7 Å². The van der Waals surface area contributed by atoms with Crippen molar-refractivity contribution in [2.24, 2.45) is 0 Å². The minimum atomic E-state index is -3.81. The number of alkyl halides is 1. The zero-order valence-corrected chi connectivity index (χ0v) is 13.5. The average molecular weight is 350 g/mol. The predicted molar refractivity (Wildman–Crippen MR) is 88.3 cm³/mol. The Hall–Kier alpha value is -1.85. The molecule has 2 unspecified atom stereocenters. The number of H-pyrrole nitrogens is 1. The lowest BCUT2D eigenvalue weighted by Crippen LogP contribution is -2.20. The monoisotopic (exact) mass is 349 g/mol. The summed E-state index contributed by atoms with van der Waals surface area (Å²) in [5.74, 6) is 0. The fraction of sp³-hybridized carbons (Fsp3) is 0.176. The standard InChI is InChI=1S/C17H13ClFNO2S/c18-10-6-7-14-12(8-10)16-15(20-14)9-13(19)17(16)23(21,22)11-4-2-1-3-5-11/h1-8,13,17,20H,9H2. The first-order chi connectivity index (χ1) is 11.0. The van der Waals surface area contributed by atoms with Crippen molar-refractivity contribution in [1.29, 1.82) is 0 Å². The molecule has 4 rings (SSSR count). The van der Waals surface area contributed by atoms with E-state index in [1.807, 2.05) is 0 Å². The van der Waals surface area contributed by atoms with Crippen LogP contribution in [0.3, 0.4) is 0 Å². The average Bonchev–Trinajstić information content (AvgIpc) is 3.02. The number of benzene rings is 2. The van der Waals surface area contributed by atoms with E-state index in [0.717, 1.165) is 5.52 Å². The number of hydrogen-bond acceptors (Lipinski definition) is 2. The van der Waals surface area contributed by atoms with Gasteiger partial charge < -0.3 is 4.98 Å². The SMILES string of the molecule is O=S(=O)(c1ccccc1)C1c2c([nH]c3ccc(Cl)cc23)CC1F. The van der Waals surface area contributed by atoms with Gasteiger partial charge in [-0.15, -0.1) is 0 Å². The topological polar surface area (TPSA) is 49.9 Å². The molecule has 0 aliphatic heterocycles. The summed E-state index contributed by atoms with van der Waals surface area (Å²) >= 11 is 6.04. The number of halogens is 2. The molecule has 2 atom stereocenters. The van der Waals surface area contributed by atoms with Crippen molar-refractivity contribution >= 4 is 32.3 Å². The number of aromatic amines is 1. The van der Waals surface area contributed by atoms with E-state index in [4.69, 9.17) is 11.6 Å². The van der Waals surface area contributed by atoms with E-state index < -0.39 is 21.3 Å². The summed E-state index contributed by atoms with van der Waals surface area (Å²) in [5.41, 5.74) is 1.93. The molecule has 0 radical (unpaired) electrons. The first kappa shape index (κ1) is 14.7. The zero-order chi connectivity index (χ0) is 16.2. The van der Waals surface area contributed by atoms with Crippen LogP contribution in [0, 0.1) is 0 Å². The third-order valence-corrected chi connectivity index (χ3v) is 6.66. The van der Waals surface area contributed by atoms with E-state index in [-0.39, 0.29) is 11.3 Å². The molecule has 0 fully saturated rings. The van der Waals surface area contributed by atoms with Gasteiger partial charge in [0.2, 0.25) is 0 Å². The Kier molecular flexibility index (Phi) is 3.25. The van der Waals surface area contributed by atoms with Crippen LogP contribution in [0.1, 0.15) is 16.5 Å². The molecule has 23 heavy (non-hydrogen) atoms. The molecule has 0 amide bonds. The summed E-state index contributed by atoms with van der Waals surface area (Å²) in [5, 5.41) is -0.0262. The van der Waals surface area contributed by atoms with Crippen molar-refractivity contribution in [3.8, 4) is 0 Å². The maximum Gasteiger partial charge on any atom is 0.188 e. The maximum atomic E-state index is 14.6. The van der Waals surface area contributed by atoms with Crippen LogP contribution in [0.5, 0.6) is 0 Å². The molecule has 6 heteroatoms. The fourth-order valence-corrected chi connectivity index (χ4v) is 5.38. The van der Waals surface area contributed by atoms with Crippen LogP contribution in [0.4, 0.5) is 4.39 Å². The van der Waals surface area contributed by atoms with Crippen molar-refractivity contribution in [2.75, 3.05) is 0 Å². The van der Waals surface area contributed by atoms with Crippen molar-refractivity contribution < 1.29 is 12.8 Å². The molecule has 0 bridgehead atoms. The highest BCUT2D eigenvalue weighted by atomic mass is 35.5. The van der Waals surface area contributed by atoms with Gasteiger partial charge in [-0.3, -0.25) is 0 Å². The molecule has 0 saturated heterocycles. The van der Waals surface area contributed by atoms with Crippen molar-refractivity contribution in [2.45, 2.75) is 22.7 Å². The Balaban J connectivity index is 1.95. The lowest BCUT2D eigenvalue weighted by atomic mass is 10.1. The van der Waals surface area contributed by atoms with Gasteiger partial charge >= 0.3 is 0 Å². The van der Waals surface area contributed by atoms with Gasteiger partial charge in [0.05, 0.1) is 4.90 Å². The van der Waals surface area contributed by atoms with Gasteiger partial charge in [-0.1, -0.05) is 29.8 Å². The molecule has 1 aliphatic rings. The van der Waals surface area contributed by atoms with Gasteiger partial charge in [0.25, 0.3) is 0 Å². The molecule has 3 nitrogen and oxygen atoms in total. The third kappa shape index (κ3) is 2.18. The fourth-order valence-electron chi connectivity index (χ4n) is 3.32. The van der Waals surface area contributed by atoms with Crippen LogP contribution in [0.15, 0.2) is 53.4 Å². The number of aromatic nitrogens is 1. The number of sulfone groups is 1. The first-order valence-corrected chi connectivity index (χ1v) is 9.14. The summed E-state index contributed by atoms with van der Waals surface area (Å²) in [6, 6.07) is 13.2. The molecule has 118 valence electrons. The molecule has 1 N–H and O–H groups in total. The van der Waals surface area contributed by atoms with Gasteiger partial charge in [-0.05, 0) is 30.3 Å². The predicted octanol–water partition coefficient (Wildman–Crippen LogP) is 4.23. The second-order valence-electron chi connectivity index (χ2n) is 5.71. The molecule has 2 aromatic carbocycles. The zero-order valence-electron chi connectivity index (χ0n) is 12.0. The van der Waals surface area contributed by atoms with Crippen LogP contribution in [-0.2, 0) is 16.3 Å². The van der Waals surface area contributed by atoms with Crippen LogP contribution < -0.4 is 0 Å². The third-order valence-electron chi connectivity index (χ3n) is 4.30. The first-order valence-electron chi connectivity index (χ1n) is 7.21. The number of fused-ring (bicyclic) bond motifs is 3. The van der Waals surface area contributed by atoms with Gasteiger partial charge in [-0.2, -0.15) is 0 Å². The van der Waals surface area contributed by atoms with Gasteiger partial charge in [0.15, 0.2) is 9.84 Å². The molecule has 1 aromatic heterocycles. The summed E-state index contributed by atoms with van der Waals surface area (Å²) in [7, 11) is -3.81. The molecule has 0 spiro atoms. The number of rotatable bonds is 2. The summed E-state index contributed by atoms with van der Waals surface area (Å²) in [4.78, 5) is 3.26. The van der Waals surface area contributed by atoms with Crippen LogP contribution in [0.2, 0.25) is 5.02 Å².